The largest absolute Gasteiger partial charge is 0.507 e. The van der Waals surface area contributed by atoms with Crippen molar-refractivity contribution in [2.45, 2.75) is 37.8 Å². The molecule has 4 rings (SSSR count). The molecule has 1 aliphatic rings. The van der Waals surface area contributed by atoms with Crippen LogP contribution in [0.15, 0.2) is 78.9 Å². The van der Waals surface area contributed by atoms with Crippen LogP contribution in [0.5, 0.6) is 5.75 Å². The van der Waals surface area contributed by atoms with E-state index in [1.807, 2.05) is 18.2 Å². The van der Waals surface area contributed by atoms with Crippen molar-refractivity contribution >= 4 is 18.5 Å². The van der Waals surface area contributed by atoms with Gasteiger partial charge in [0.05, 0.1) is 0 Å². The molecule has 0 bridgehead atoms. The predicted molar refractivity (Wildman–Crippen MR) is 113 cm³/mol. The van der Waals surface area contributed by atoms with Crippen LogP contribution >= 0.6 is 7.92 Å². The Morgan fingerprint density at radius 1 is 0.654 bits per heavy atom. The zero-order valence-electron chi connectivity index (χ0n) is 15.0. The highest BCUT2D eigenvalue weighted by Crippen LogP contribution is 2.48. The van der Waals surface area contributed by atoms with Crippen molar-refractivity contribution in [2.75, 3.05) is 0 Å². The zero-order chi connectivity index (χ0) is 17.8. The highest BCUT2D eigenvalue weighted by molar-refractivity contribution is 7.73. The monoisotopic (exact) mass is 360 g/mol. The van der Waals surface area contributed by atoms with Gasteiger partial charge in [-0.15, -0.1) is 0 Å². The number of phenols is 1. The summed E-state index contributed by atoms with van der Waals surface area (Å²) in [6, 6.07) is 27.4. The first-order chi connectivity index (χ1) is 12.8. The van der Waals surface area contributed by atoms with Crippen molar-refractivity contribution in [3.8, 4) is 16.9 Å². The second kappa shape index (κ2) is 8.06. The number of hydrogen-bond acceptors (Lipinski definition) is 1. The first kappa shape index (κ1) is 17.3. The van der Waals surface area contributed by atoms with Gasteiger partial charge in [-0.05, 0) is 48.7 Å². The zero-order valence-corrected chi connectivity index (χ0v) is 15.9. The third-order valence-electron chi connectivity index (χ3n) is 5.33. The summed E-state index contributed by atoms with van der Waals surface area (Å²) >= 11 is 0. The van der Waals surface area contributed by atoms with E-state index in [9.17, 15) is 5.11 Å². The lowest BCUT2D eigenvalue weighted by Gasteiger charge is -2.33. The Kier molecular flexibility index (Phi) is 5.37. The van der Waals surface area contributed by atoms with Crippen molar-refractivity contribution in [1.82, 2.24) is 0 Å². The third-order valence-corrected chi connectivity index (χ3v) is 8.34. The fraction of sp³-hybridized carbons (Fsp3) is 0.250. The number of benzene rings is 3. The highest BCUT2D eigenvalue weighted by Gasteiger charge is 2.28. The van der Waals surface area contributed by atoms with Crippen LogP contribution in [0.25, 0.3) is 11.1 Å². The Bertz CT molecular complexity index is 853. The molecule has 0 amide bonds. The number of phenolic OH excluding ortho intramolecular Hbond substituents is 1. The highest BCUT2D eigenvalue weighted by atomic mass is 31.1. The SMILES string of the molecule is Oc1ccccc1-c1ccccc1P(c1ccccc1)C1CCCCC1. The Labute approximate surface area is 157 Å². The van der Waals surface area contributed by atoms with E-state index in [-0.39, 0.29) is 0 Å². The maximum absolute atomic E-state index is 10.5. The van der Waals surface area contributed by atoms with E-state index >= 15 is 0 Å². The van der Waals surface area contributed by atoms with Crippen molar-refractivity contribution in [3.63, 3.8) is 0 Å². The molecule has 3 aromatic carbocycles. The van der Waals surface area contributed by atoms with Gasteiger partial charge in [0.15, 0.2) is 0 Å². The maximum atomic E-state index is 10.5. The molecule has 0 aliphatic heterocycles. The smallest absolute Gasteiger partial charge is 0.123 e. The normalized spacial score (nSPS) is 16.3. The number of aromatic hydroxyl groups is 1. The van der Waals surface area contributed by atoms with Gasteiger partial charge in [-0.2, -0.15) is 0 Å². The summed E-state index contributed by atoms with van der Waals surface area (Å²) in [7, 11) is -0.437. The van der Waals surface area contributed by atoms with Crippen molar-refractivity contribution in [2.24, 2.45) is 0 Å². The van der Waals surface area contributed by atoms with Crippen LogP contribution in [0, 0.1) is 0 Å². The molecule has 1 saturated carbocycles. The fourth-order valence-corrected chi connectivity index (χ4v) is 7.26. The molecule has 1 fully saturated rings. The predicted octanol–water partition coefficient (Wildman–Crippen LogP) is 5.82. The lowest BCUT2D eigenvalue weighted by molar-refractivity contribution is 0.477. The number of para-hydroxylation sites is 1. The van der Waals surface area contributed by atoms with Gasteiger partial charge in [0.2, 0.25) is 0 Å². The van der Waals surface area contributed by atoms with E-state index in [0.717, 1.165) is 11.2 Å². The van der Waals surface area contributed by atoms with E-state index in [1.165, 1.54) is 48.3 Å². The van der Waals surface area contributed by atoms with Gasteiger partial charge >= 0.3 is 0 Å². The molecule has 2 heteroatoms. The van der Waals surface area contributed by atoms with E-state index in [1.54, 1.807) is 6.07 Å². The summed E-state index contributed by atoms with van der Waals surface area (Å²) in [5, 5.41) is 13.3. The molecular formula is C24H25OP. The minimum Gasteiger partial charge on any atom is -0.507 e. The molecule has 0 spiro atoms. The van der Waals surface area contributed by atoms with Gasteiger partial charge in [-0.25, -0.2) is 0 Å². The molecule has 132 valence electrons. The Morgan fingerprint density at radius 2 is 1.27 bits per heavy atom. The van der Waals surface area contributed by atoms with Gasteiger partial charge in [-0.3, -0.25) is 0 Å². The quantitative estimate of drug-likeness (QED) is 0.581. The van der Waals surface area contributed by atoms with Gasteiger partial charge in [0.25, 0.3) is 0 Å². The van der Waals surface area contributed by atoms with Crippen LogP contribution in [-0.2, 0) is 0 Å². The second-order valence-electron chi connectivity index (χ2n) is 7.03. The van der Waals surface area contributed by atoms with Crippen LogP contribution in [0.1, 0.15) is 32.1 Å². The molecule has 1 aliphatic carbocycles. The van der Waals surface area contributed by atoms with E-state index in [0.29, 0.717) is 5.75 Å². The molecule has 1 unspecified atom stereocenters. The summed E-state index contributed by atoms with van der Waals surface area (Å²) in [4.78, 5) is 0. The van der Waals surface area contributed by atoms with Crippen molar-refractivity contribution in [1.29, 1.82) is 0 Å². The lowest BCUT2D eigenvalue weighted by atomic mass is 10.0. The van der Waals surface area contributed by atoms with Crippen molar-refractivity contribution in [3.05, 3.63) is 78.9 Å². The second-order valence-corrected chi connectivity index (χ2v) is 9.50. The molecule has 0 aromatic heterocycles. The summed E-state index contributed by atoms with van der Waals surface area (Å²) in [5.74, 6) is 0.367. The van der Waals surface area contributed by atoms with Crippen LogP contribution in [-0.4, -0.2) is 10.8 Å². The first-order valence-corrected chi connectivity index (χ1v) is 11.0. The average Bonchev–Trinajstić information content (AvgIpc) is 2.71. The van der Waals surface area contributed by atoms with E-state index in [4.69, 9.17) is 0 Å². The minimum atomic E-state index is -0.437. The fourth-order valence-electron chi connectivity index (χ4n) is 4.09. The van der Waals surface area contributed by atoms with E-state index < -0.39 is 7.92 Å². The van der Waals surface area contributed by atoms with Gasteiger partial charge < -0.3 is 5.11 Å². The van der Waals surface area contributed by atoms with Crippen LogP contribution in [0.2, 0.25) is 0 Å². The molecule has 26 heavy (non-hydrogen) atoms. The van der Waals surface area contributed by atoms with Gasteiger partial charge in [-0.1, -0.05) is 92.1 Å². The summed E-state index contributed by atoms with van der Waals surface area (Å²) in [6.45, 7) is 0. The van der Waals surface area contributed by atoms with Gasteiger partial charge in [0.1, 0.15) is 5.75 Å². The average molecular weight is 360 g/mol. The molecule has 1 nitrogen and oxygen atoms in total. The van der Waals surface area contributed by atoms with Crippen molar-refractivity contribution < 1.29 is 5.11 Å². The molecule has 0 radical (unpaired) electrons. The Balaban J connectivity index is 1.85. The first-order valence-electron chi connectivity index (χ1n) is 9.56. The molecule has 0 heterocycles. The third kappa shape index (κ3) is 3.55. The van der Waals surface area contributed by atoms with E-state index in [2.05, 4.69) is 54.6 Å². The number of rotatable bonds is 4. The topological polar surface area (TPSA) is 20.2 Å². The molecular weight excluding hydrogens is 335 g/mol. The maximum Gasteiger partial charge on any atom is 0.123 e. The lowest BCUT2D eigenvalue weighted by Crippen LogP contribution is -2.24. The molecule has 0 saturated heterocycles. The summed E-state index contributed by atoms with van der Waals surface area (Å²) < 4.78 is 0. The summed E-state index contributed by atoms with van der Waals surface area (Å²) in [5.41, 5.74) is 2.86. The van der Waals surface area contributed by atoms with Crippen LogP contribution < -0.4 is 10.6 Å². The minimum absolute atomic E-state index is 0.367. The van der Waals surface area contributed by atoms with Crippen LogP contribution in [0.3, 0.4) is 0 Å². The standard InChI is InChI=1S/C24H25OP/c25-23-17-9-7-15-21(23)22-16-8-10-18-24(22)26(19-11-3-1-4-12-19)20-13-5-2-6-14-20/h1,3-4,7-12,15-18,20,25H,2,5-6,13-14H2. The van der Waals surface area contributed by atoms with Crippen LogP contribution in [0.4, 0.5) is 0 Å². The molecule has 1 atom stereocenters. The Morgan fingerprint density at radius 3 is 2.00 bits per heavy atom. The number of hydrogen-bond donors (Lipinski definition) is 1. The van der Waals surface area contributed by atoms with Gasteiger partial charge in [0, 0.05) is 5.56 Å². The summed E-state index contributed by atoms with van der Waals surface area (Å²) in [6.07, 6.45) is 6.69. The molecule has 1 N–H and O–H groups in total. The molecule has 3 aromatic rings. The Hall–Kier alpha value is -2.11.